The molecule has 0 unspecified atom stereocenters. The highest BCUT2D eigenvalue weighted by atomic mass is 32.2. The van der Waals surface area contributed by atoms with Crippen LogP contribution in [0.4, 0.5) is 5.69 Å². The SMILES string of the molecule is COc1ccc(N(C=O)CCCSc2ccccc2)c(OC)c1. The third-order valence-electron chi connectivity index (χ3n) is 3.38. The number of amides is 1. The van der Waals surface area contributed by atoms with Gasteiger partial charge in [0.15, 0.2) is 0 Å². The van der Waals surface area contributed by atoms with Gasteiger partial charge in [-0.1, -0.05) is 18.2 Å². The molecule has 2 aromatic carbocycles. The van der Waals surface area contributed by atoms with Crippen molar-refractivity contribution >= 4 is 23.9 Å². The van der Waals surface area contributed by atoms with Crippen LogP contribution in [0.25, 0.3) is 0 Å². The van der Waals surface area contributed by atoms with Crippen LogP contribution < -0.4 is 14.4 Å². The zero-order chi connectivity index (χ0) is 16.5. The lowest BCUT2D eigenvalue weighted by Gasteiger charge is -2.20. The molecule has 0 spiro atoms. The number of anilines is 1. The maximum Gasteiger partial charge on any atom is 0.214 e. The highest BCUT2D eigenvalue weighted by Gasteiger charge is 2.12. The van der Waals surface area contributed by atoms with E-state index in [2.05, 4.69) is 12.1 Å². The van der Waals surface area contributed by atoms with Gasteiger partial charge in [0.1, 0.15) is 11.5 Å². The van der Waals surface area contributed by atoms with Crippen molar-refractivity contribution in [3.05, 3.63) is 48.5 Å². The number of nitrogens with zero attached hydrogens (tertiary/aromatic N) is 1. The van der Waals surface area contributed by atoms with Gasteiger partial charge in [0.05, 0.1) is 19.9 Å². The van der Waals surface area contributed by atoms with Crippen LogP contribution in [0.5, 0.6) is 11.5 Å². The van der Waals surface area contributed by atoms with E-state index in [0.717, 1.165) is 24.3 Å². The number of ether oxygens (including phenoxy) is 2. The van der Waals surface area contributed by atoms with E-state index in [1.807, 2.05) is 30.3 Å². The molecule has 4 nitrogen and oxygen atoms in total. The number of benzene rings is 2. The van der Waals surface area contributed by atoms with Crippen LogP contribution in [0.1, 0.15) is 6.42 Å². The summed E-state index contributed by atoms with van der Waals surface area (Å²) >= 11 is 1.79. The Balaban J connectivity index is 1.93. The smallest absolute Gasteiger partial charge is 0.214 e. The molecule has 0 N–H and O–H groups in total. The molecule has 0 aliphatic carbocycles. The van der Waals surface area contributed by atoms with E-state index >= 15 is 0 Å². The summed E-state index contributed by atoms with van der Waals surface area (Å²) in [5, 5.41) is 0. The van der Waals surface area contributed by atoms with E-state index in [1.165, 1.54) is 4.90 Å². The molecule has 0 radical (unpaired) electrons. The average Bonchev–Trinajstić information content (AvgIpc) is 2.62. The van der Waals surface area contributed by atoms with Crippen LogP contribution in [-0.4, -0.2) is 32.9 Å². The Morgan fingerprint density at radius 2 is 1.87 bits per heavy atom. The van der Waals surface area contributed by atoms with Gasteiger partial charge in [-0.25, -0.2) is 0 Å². The zero-order valence-electron chi connectivity index (χ0n) is 13.4. The van der Waals surface area contributed by atoms with Crippen LogP contribution >= 0.6 is 11.8 Å². The molecule has 122 valence electrons. The highest BCUT2D eigenvalue weighted by molar-refractivity contribution is 7.99. The number of hydrogen-bond donors (Lipinski definition) is 0. The summed E-state index contributed by atoms with van der Waals surface area (Å²) in [4.78, 5) is 14.3. The number of rotatable bonds is 9. The first-order valence-electron chi connectivity index (χ1n) is 7.40. The third kappa shape index (κ3) is 4.93. The second-order valence-electron chi connectivity index (χ2n) is 4.85. The van der Waals surface area contributed by atoms with Gasteiger partial charge in [0, 0.05) is 17.5 Å². The molecule has 0 bridgehead atoms. The van der Waals surface area contributed by atoms with Crippen molar-refractivity contribution in [1.29, 1.82) is 0 Å². The van der Waals surface area contributed by atoms with Crippen LogP contribution in [0, 0.1) is 0 Å². The average molecular weight is 331 g/mol. The number of thioether (sulfide) groups is 1. The second-order valence-corrected chi connectivity index (χ2v) is 6.02. The number of methoxy groups -OCH3 is 2. The van der Waals surface area contributed by atoms with Gasteiger partial charge < -0.3 is 14.4 Å². The first kappa shape index (κ1) is 17.2. The van der Waals surface area contributed by atoms with Gasteiger partial charge in [-0.2, -0.15) is 0 Å². The van der Waals surface area contributed by atoms with Crippen molar-refractivity contribution in [2.75, 3.05) is 31.4 Å². The Morgan fingerprint density at radius 3 is 2.52 bits per heavy atom. The first-order chi connectivity index (χ1) is 11.3. The van der Waals surface area contributed by atoms with Crippen molar-refractivity contribution in [1.82, 2.24) is 0 Å². The topological polar surface area (TPSA) is 38.8 Å². The predicted octanol–water partition coefficient (Wildman–Crippen LogP) is 3.85. The largest absolute Gasteiger partial charge is 0.497 e. The Bertz CT molecular complexity index is 619. The summed E-state index contributed by atoms with van der Waals surface area (Å²) < 4.78 is 10.5. The standard InChI is InChI=1S/C18H21NO3S/c1-21-15-9-10-17(18(13-15)22-2)19(14-20)11-6-12-23-16-7-4-3-5-8-16/h3-5,7-10,13-14H,6,11-12H2,1-2H3. The molecule has 0 aliphatic heterocycles. The molecule has 2 rings (SSSR count). The molecule has 5 heteroatoms. The molecule has 1 amide bonds. The molecule has 0 fully saturated rings. The number of hydrogen-bond acceptors (Lipinski definition) is 4. The van der Waals surface area contributed by atoms with E-state index in [0.29, 0.717) is 18.0 Å². The quantitative estimate of drug-likeness (QED) is 0.397. The van der Waals surface area contributed by atoms with Crippen molar-refractivity contribution in [2.24, 2.45) is 0 Å². The fourth-order valence-electron chi connectivity index (χ4n) is 2.19. The van der Waals surface area contributed by atoms with Gasteiger partial charge in [-0.05, 0) is 36.4 Å². The molecular weight excluding hydrogens is 310 g/mol. The van der Waals surface area contributed by atoms with E-state index in [1.54, 1.807) is 36.9 Å². The Hall–Kier alpha value is -2.14. The van der Waals surface area contributed by atoms with E-state index in [-0.39, 0.29) is 0 Å². The zero-order valence-corrected chi connectivity index (χ0v) is 14.2. The highest BCUT2D eigenvalue weighted by Crippen LogP contribution is 2.31. The number of carbonyl (C=O) groups excluding carboxylic acids is 1. The summed E-state index contributed by atoms with van der Waals surface area (Å²) in [7, 11) is 3.19. The monoisotopic (exact) mass is 331 g/mol. The maximum atomic E-state index is 11.4. The molecule has 0 saturated heterocycles. The van der Waals surface area contributed by atoms with Gasteiger partial charge in [0.2, 0.25) is 6.41 Å². The van der Waals surface area contributed by atoms with Gasteiger partial charge >= 0.3 is 0 Å². The Kier molecular flexibility index (Phi) is 6.81. The van der Waals surface area contributed by atoms with E-state index < -0.39 is 0 Å². The molecule has 0 aliphatic rings. The number of carbonyl (C=O) groups is 1. The van der Waals surface area contributed by atoms with Crippen molar-refractivity contribution in [3.63, 3.8) is 0 Å². The minimum absolute atomic E-state index is 0.632. The lowest BCUT2D eigenvalue weighted by molar-refractivity contribution is -0.107. The molecule has 2 aromatic rings. The third-order valence-corrected chi connectivity index (χ3v) is 4.48. The summed E-state index contributed by atoms with van der Waals surface area (Å²) in [5.74, 6) is 2.29. The van der Waals surface area contributed by atoms with Crippen molar-refractivity contribution < 1.29 is 14.3 Å². The Morgan fingerprint density at radius 1 is 1.09 bits per heavy atom. The van der Waals surface area contributed by atoms with Crippen molar-refractivity contribution in [2.45, 2.75) is 11.3 Å². The lowest BCUT2D eigenvalue weighted by atomic mass is 10.2. The summed E-state index contributed by atoms with van der Waals surface area (Å²) in [6, 6.07) is 15.7. The molecule has 0 heterocycles. The predicted molar refractivity (Wildman–Crippen MR) is 94.7 cm³/mol. The fourth-order valence-corrected chi connectivity index (χ4v) is 3.05. The van der Waals surface area contributed by atoms with E-state index in [4.69, 9.17) is 9.47 Å². The first-order valence-corrected chi connectivity index (χ1v) is 8.39. The minimum atomic E-state index is 0.632. The fraction of sp³-hybridized carbons (Fsp3) is 0.278. The van der Waals surface area contributed by atoms with Crippen LogP contribution in [0.2, 0.25) is 0 Å². The summed E-state index contributed by atoms with van der Waals surface area (Å²) in [6.07, 6.45) is 1.74. The van der Waals surface area contributed by atoms with Gasteiger partial charge in [-0.15, -0.1) is 11.8 Å². The molecule has 0 saturated carbocycles. The van der Waals surface area contributed by atoms with E-state index in [9.17, 15) is 4.79 Å². The summed E-state index contributed by atoms with van der Waals surface area (Å²) in [6.45, 7) is 0.645. The normalized spacial score (nSPS) is 10.2. The second kappa shape index (κ2) is 9.10. The molecule has 0 aromatic heterocycles. The molecule has 0 atom stereocenters. The van der Waals surface area contributed by atoms with Gasteiger partial charge in [-0.3, -0.25) is 4.79 Å². The molecule has 23 heavy (non-hydrogen) atoms. The lowest BCUT2D eigenvalue weighted by Crippen LogP contribution is -2.23. The van der Waals surface area contributed by atoms with Crippen LogP contribution in [0.3, 0.4) is 0 Å². The summed E-state index contributed by atoms with van der Waals surface area (Å²) in [5.41, 5.74) is 0.757. The minimum Gasteiger partial charge on any atom is -0.497 e. The van der Waals surface area contributed by atoms with Crippen LogP contribution in [0.15, 0.2) is 53.4 Å². The molecular formula is C18H21NO3S. The van der Waals surface area contributed by atoms with Crippen molar-refractivity contribution in [3.8, 4) is 11.5 Å². The van der Waals surface area contributed by atoms with Crippen LogP contribution in [-0.2, 0) is 4.79 Å². The Labute approximate surface area is 141 Å². The maximum absolute atomic E-state index is 11.4. The van der Waals surface area contributed by atoms with Gasteiger partial charge in [0.25, 0.3) is 0 Å².